The molecule has 1 saturated heterocycles. The number of likely N-dealkylation sites (tertiary alicyclic amines) is 1. The molecule has 2 aliphatic rings. The number of nitrogens with zero attached hydrogens (tertiary/aromatic N) is 4. The van der Waals surface area contributed by atoms with Gasteiger partial charge >= 0.3 is 0 Å². The Morgan fingerprint density at radius 3 is 2.51 bits per heavy atom. The van der Waals surface area contributed by atoms with Gasteiger partial charge in [0.25, 0.3) is 0 Å². The van der Waals surface area contributed by atoms with Gasteiger partial charge in [-0.25, -0.2) is 15.0 Å². The van der Waals surface area contributed by atoms with Crippen molar-refractivity contribution in [2.24, 2.45) is 11.3 Å². The zero-order valence-electron chi connectivity index (χ0n) is 24.7. The van der Waals surface area contributed by atoms with Gasteiger partial charge in [0.05, 0.1) is 4.88 Å². The minimum Gasteiger partial charge on any atom is -0.303 e. The predicted molar refractivity (Wildman–Crippen MR) is 169 cm³/mol. The summed E-state index contributed by atoms with van der Waals surface area (Å²) in [5.74, 6) is 1.10. The number of benzene rings is 1. The van der Waals surface area contributed by atoms with E-state index >= 15 is 0 Å². The van der Waals surface area contributed by atoms with Crippen LogP contribution >= 0.6 is 11.3 Å². The van der Waals surface area contributed by atoms with Crippen LogP contribution in [-0.4, -0.2) is 45.3 Å². The molecule has 6 heteroatoms. The molecule has 1 aliphatic heterocycles. The molecule has 1 fully saturated rings. The molecule has 5 nitrogen and oxygen atoms in total. The van der Waals surface area contributed by atoms with E-state index in [1.54, 1.807) is 17.7 Å². The zero-order valence-corrected chi connectivity index (χ0v) is 25.6. The van der Waals surface area contributed by atoms with E-state index in [1.807, 2.05) is 12.4 Å². The Morgan fingerprint density at radius 1 is 1.02 bits per heavy atom. The molecule has 6 rings (SSSR count). The lowest BCUT2D eigenvalue weighted by molar-refractivity contribution is 0.0973. The maximum atomic E-state index is 13.8. The molecule has 0 N–H and O–H groups in total. The summed E-state index contributed by atoms with van der Waals surface area (Å²) in [5.41, 5.74) is 6.27. The Balaban J connectivity index is 1.22. The molecule has 0 radical (unpaired) electrons. The van der Waals surface area contributed by atoms with Crippen LogP contribution in [0.4, 0.5) is 0 Å². The average molecular weight is 567 g/mol. The van der Waals surface area contributed by atoms with Crippen LogP contribution in [-0.2, 0) is 12.8 Å². The molecular weight excluding hydrogens is 524 g/mol. The van der Waals surface area contributed by atoms with Crippen molar-refractivity contribution in [1.82, 2.24) is 19.9 Å². The van der Waals surface area contributed by atoms with E-state index in [0.717, 1.165) is 52.0 Å². The van der Waals surface area contributed by atoms with E-state index in [1.165, 1.54) is 55.6 Å². The Kier molecular flexibility index (Phi) is 8.32. The van der Waals surface area contributed by atoms with E-state index in [0.29, 0.717) is 17.8 Å². The van der Waals surface area contributed by atoms with E-state index in [-0.39, 0.29) is 11.7 Å². The van der Waals surface area contributed by atoms with Crippen molar-refractivity contribution in [2.45, 2.75) is 78.1 Å². The highest BCUT2D eigenvalue weighted by Gasteiger charge is 2.30. The van der Waals surface area contributed by atoms with Gasteiger partial charge in [-0.2, -0.15) is 0 Å². The first-order valence-corrected chi connectivity index (χ1v) is 16.2. The monoisotopic (exact) mass is 566 g/mol. The van der Waals surface area contributed by atoms with Crippen molar-refractivity contribution in [3.8, 4) is 11.1 Å². The van der Waals surface area contributed by atoms with Crippen molar-refractivity contribution in [2.75, 3.05) is 19.6 Å². The van der Waals surface area contributed by atoms with E-state index in [2.05, 4.69) is 72.0 Å². The third-order valence-corrected chi connectivity index (χ3v) is 10.4. The van der Waals surface area contributed by atoms with Gasteiger partial charge in [0.2, 0.25) is 0 Å². The summed E-state index contributed by atoms with van der Waals surface area (Å²) < 4.78 is 0. The minimum atomic E-state index is 0.185. The first-order chi connectivity index (χ1) is 19.8. The third kappa shape index (κ3) is 6.60. The molecule has 4 aromatic rings. The van der Waals surface area contributed by atoms with Crippen molar-refractivity contribution in [3.05, 3.63) is 76.8 Å². The van der Waals surface area contributed by atoms with Crippen LogP contribution < -0.4 is 0 Å². The highest BCUT2D eigenvalue weighted by atomic mass is 32.1. The number of carbonyl (C=O) groups excluding carboxylic acids is 1. The Hall–Kier alpha value is -2.96. The molecule has 0 amide bonds. The first kappa shape index (κ1) is 28.2. The fraction of sp³-hybridized carbons (Fsp3) is 0.486. The van der Waals surface area contributed by atoms with Crippen LogP contribution in [0.3, 0.4) is 0 Å². The summed E-state index contributed by atoms with van der Waals surface area (Å²) in [5, 5.41) is 1.13. The van der Waals surface area contributed by atoms with Gasteiger partial charge in [-0.1, -0.05) is 51.5 Å². The highest BCUT2D eigenvalue weighted by molar-refractivity contribution is 7.20. The smallest absolute Gasteiger partial charge is 0.173 e. The molecule has 0 bridgehead atoms. The number of pyridine rings is 1. The second-order valence-corrected chi connectivity index (χ2v) is 14.2. The summed E-state index contributed by atoms with van der Waals surface area (Å²) in [6.45, 7) is 10.4. The predicted octanol–water partition coefficient (Wildman–Crippen LogP) is 8.14. The number of piperidine rings is 1. The molecule has 1 aliphatic carbocycles. The highest BCUT2D eigenvalue weighted by Crippen LogP contribution is 2.39. The number of thiophene rings is 1. The van der Waals surface area contributed by atoms with Gasteiger partial charge in [-0.15, -0.1) is 11.3 Å². The Morgan fingerprint density at radius 2 is 1.78 bits per heavy atom. The van der Waals surface area contributed by atoms with E-state index < -0.39 is 0 Å². The van der Waals surface area contributed by atoms with Crippen molar-refractivity contribution in [3.63, 3.8) is 0 Å². The van der Waals surface area contributed by atoms with Gasteiger partial charge < -0.3 is 4.90 Å². The second kappa shape index (κ2) is 12.1. The number of hydrogen-bond donors (Lipinski definition) is 0. The Bertz CT molecular complexity index is 1480. The number of hydrogen-bond acceptors (Lipinski definition) is 6. The van der Waals surface area contributed by atoms with Gasteiger partial charge in [-0.3, -0.25) is 4.79 Å². The van der Waals surface area contributed by atoms with Crippen LogP contribution in [0.5, 0.6) is 0 Å². The maximum absolute atomic E-state index is 13.8. The largest absolute Gasteiger partial charge is 0.303 e. The molecule has 214 valence electrons. The number of aryl methyl sites for hydroxylation is 1. The lowest BCUT2D eigenvalue weighted by Gasteiger charge is -2.34. The van der Waals surface area contributed by atoms with Crippen LogP contribution in [0.25, 0.3) is 21.3 Å². The molecule has 3 aromatic heterocycles. The van der Waals surface area contributed by atoms with Crippen LogP contribution in [0, 0.1) is 11.3 Å². The van der Waals surface area contributed by atoms with Gasteiger partial charge in [-0.05, 0) is 104 Å². The first-order valence-electron chi connectivity index (χ1n) is 15.4. The topological polar surface area (TPSA) is 59.0 Å². The zero-order chi connectivity index (χ0) is 28.4. The number of ketones is 1. The minimum absolute atomic E-state index is 0.185. The van der Waals surface area contributed by atoms with E-state index in [9.17, 15) is 4.79 Å². The number of carbonyl (C=O) groups is 1. The number of Topliss-reactive ketones (excluding diaryl/α,β-unsaturated/α-hetero) is 1. The molecule has 0 spiro atoms. The standard InChI is InChI=1S/C35H42N4OS/c1-35(2,3)30-11-12-31-27(18-30)17-28-20-33(41-34(28)38-31)32(40)19-26(13-16-39-14-5-4-6-15-39)24-7-9-25(10-8-24)29-21-36-23-37-22-29/h7-10,17,20-23,26,30H,4-6,11-16,18-19H2,1-3H3/t26-,30-/m0/s1. The molecule has 4 heterocycles. The lowest BCUT2D eigenvalue weighted by Crippen LogP contribution is -2.31. The van der Waals surface area contributed by atoms with Crippen LogP contribution in [0.1, 0.15) is 91.7 Å². The van der Waals surface area contributed by atoms with Gasteiger partial charge in [0, 0.05) is 35.5 Å². The summed E-state index contributed by atoms with van der Waals surface area (Å²) in [7, 11) is 0. The SMILES string of the molecule is CC(C)(C)[C@H]1CCc2nc3sc(C(=O)C[C@H](CCN4CCCCC4)c4ccc(-c5cncnc5)cc4)cc3cc2C1. The lowest BCUT2D eigenvalue weighted by atomic mass is 9.71. The van der Waals surface area contributed by atoms with E-state index in [4.69, 9.17) is 4.98 Å². The van der Waals surface area contributed by atoms with Gasteiger partial charge in [0.15, 0.2) is 5.78 Å². The van der Waals surface area contributed by atoms with Crippen molar-refractivity contribution < 1.29 is 4.79 Å². The third-order valence-electron chi connectivity index (χ3n) is 9.32. The number of aromatic nitrogens is 3. The molecular formula is C35H42N4OS. The normalized spacial score (nSPS) is 18.8. The van der Waals surface area contributed by atoms with Gasteiger partial charge in [0.1, 0.15) is 11.2 Å². The summed E-state index contributed by atoms with van der Waals surface area (Å²) in [6.07, 6.45) is 14.0. The summed E-state index contributed by atoms with van der Waals surface area (Å²) in [6, 6.07) is 13.1. The number of rotatable bonds is 8. The van der Waals surface area contributed by atoms with Crippen LogP contribution in [0.15, 0.2) is 55.1 Å². The molecule has 0 unspecified atom stereocenters. The molecule has 1 aromatic carbocycles. The fourth-order valence-electron chi connectivity index (χ4n) is 6.63. The molecule has 41 heavy (non-hydrogen) atoms. The van der Waals surface area contributed by atoms with Crippen LogP contribution in [0.2, 0.25) is 0 Å². The fourth-order valence-corrected chi connectivity index (χ4v) is 7.61. The number of fused-ring (bicyclic) bond motifs is 2. The summed E-state index contributed by atoms with van der Waals surface area (Å²) >= 11 is 1.58. The van der Waals surface area contributed by atoms with Crippen molar-refractivity contribution >= 4 is 27.3 Å². The molecule has 2 atom stereocenters. The maximum Gasteiger partial charge on any atom is 0.173 e. The quantitative estimate of drug-likeness (QED) is 0.202. The molecule has 0 saturated carbocycles. The average Bonchev–Trinajstić information content (AvgIpc) is 3.41. The van der Waals surface area contributed by atoms with Crippen molar-refractivity contribution in [1.29, 1.82) is 0 Å². The summed E-state index contributed by atoms with van der Waals surface area (Å²) in [4.78, 5) is 31.6. The second-order valence-electron chi connectivity index (χ2n) is 13.2. The Labute approximate surface area is 248 Å².